The Balaban J connectivity index is 1.48. The Bertz CT molecular complexity index is 952. The van der Waals surface area contributed by atoms with E-state index in [1.54, 1.807) is 18.5 Å². The Labute approximate surface area is 177 Å². The van der Waals surface area contributed by atoms with Crippen LogP contribution in [-0.2, 0) is 11.4 Å². The maximum atomic E-state index is 13.7. The van der Waals surface area contributed by atoms with Crippen LogP contribution in [0.1, 0.15) is 24.1 Å². The summed E-state index contributed by atoms with van der Waals surface area (Å²) in [5, 5.41) is 2.83. The van der Waals surface area contributed by atoms with Crippen molar-refractivity contribution in [1.82, 2.24) is 10.3 Å². The van der Waals surface area contributed by atoms with Crippen LogP contribution in [0.5, 0.6) is 11.5 Å². The van der Waals surface area contributed by atoms with E-state index in [2.05, 4.69) is 26.2 Å². The van der Waals surface area contributed by atoms with E-state index in [1.165, 1.54) is 12.1 Å². The molecule has 0 fully saturated rings. The predicted molar refractivity (Wildman–Crippen MR) is 111 cm³/mol. The van der Waals surface area contributed by atoms with E-state index in [1.807, 2.05) is 43.3 Å². The number of pyridine rings is 1. The summed E-state index contributed by atoms with van der Waals surface area (Å²) in [4.78, 5) is 16.2. The van der Waals surface area contributed by atoms with Crippen molar-refractivity contribution in [2.75, 3.05) is 6.61 Å². The van der Waals surface area contributed by atoms with Crippen molar-refractivity contribution in [3.63, 3.8) is 0 Å². The van der Waals surface area contributed by atoms with Gasteiger partial charge in [-0.05, 0) is 48.9 Å². The molecule has 0 bridgehead atoms. The van der Waals surface area contributed by atoms with E-state index < -0.39 is 5.82 Å². The average Bonchev–Trinajstić information content (AvgIpc) is 2.72. The minimum Gasteiger partial charge on any atom is -0.489 e. The second-order valence-electron chi connectivity index (χ2n) is 6.37. The van der Waals surface area contributed by atoms with Gasteiger partial charge in [0.15, 0.2) is 18.2 Å². The molecule has 1 atom stereocenters. The first kappa shape index (κ1) is 20.8. The Hall–Kier alpha value is -2.93. The third kappa shape index (κ3) is 6.29. The number of carbonyl (C=O) groups is 1. The highest BCUT2D eigenvalue weighted by atomic mass is 79.9. The van der Waals surface area contributed by atoms with Gasteiger partial charge in [-0.3, -0.25) is 9.78 Å². The molecule has 7 heteroatoms. The summed E-state index contributed by atoms with van der Waals surface area (Å²) in [6, 6.07) is 15.5. The lowest BCUT2D eigenvalue weighted by Gasteiger charge is -2.15. The molecule has 3 rings (SSSR count). The Kier molecular flexibility index (Phi) is 7.19. The summed E-state index contributed by atoms with van der Waals surface area (Å²) in [6.45, 7) is 2.03. The van der Waals surface area contributed by atoms with E-state index in [4.69, 9.17) is 9.47 Å². The first-order valence-electron chi connectivity index (χ1n) is 9.00. The molecule has 1 N–H and O–H groups in total. The van der Waals surface area contributed by atoms with Crippen LogP contribution in [0.3, 0.4) is 0 Å². The minimum absolute atomic E-state index is 0.0334. The smallest absolute Gasteiger partial charge is 0.258 e. The van der Waals surface area contributed by atoms with Crippen molar-refractivity contribution in [3.05, 3.63) is 88.4 Å². The molecule has 0 aliphatic carbocycles. The fourth-order valence-corrected chi connectivity index (χ4v) is 2.94. The number of aromatic nitrogens is 1. The lowest BCUT2D eigenvalue weighted by atomic mass is 10.1. The highest BCUT2D eigenvalue weighted by Gasteiger charge is 2.12. The van der Waals surface area contributed by atoms with Gasteiger partial charge in [-0.2, -0.15) is 0 Å². The molecule has 29 heavy (non-hydrogen) atoms. The SMILES string of the molecule is CC(NC(=O)COc1ccc(Br)cc1F)c1ccc(OCc2cccnc2)cc1. The number of amides is 1. The van der Waals surface area contributed by atoms with Crippen LogP contribution >= 0.6 is 15.9 Å². The van der Waals surface area contributed by atoms with E-state index >= 15 is 0 Å². The molecule has 0 spiro atoms. The van der Waals surface area contributed by atoms with Gasteiger partial charge in [-0.25, -0.2) is 4.39 Å². The molecule has 2 aromatic carbocycles. The lowest BCUT2D eigenvalue weighted by Crippen LogP contribution is -2.31. The van der Waals surface area contributed by atoms with Crippen molar-refractivity contribution in [1.29, 1.82) is 0 Å². The monoisotopic (exact) mass is 458 g/mol. The number of nitrogens with one attached hydrogen (secondary N) is 1. The Morgan fingerprint density at radius 1 is 1.17 bits per heavy atom. The maximum absolute atomic E-state index is 13.7. The fourth-order valence-electron chi connectivity index (χ4n) is 2.60. The van der Waals surface area contributed by atoms with Crippen LogP contribution < -0.4 is 14.8 Å². The summed E-state index contributed by atoms with van der Waals surface area (Å²) < 4.78 is 25.3. The normalized spacial score (nSPS) is 11.6. The van der Waals surface area contributed by atoms with E-state index in [-0.39, 0.29) is 24.3 Å². The number of hydrogen-bond donors (Lipinski definition) is 1. The molecule has 1 amide bonds. The summed E-state index contributed by atoms with van der Waals surface area (Å²) in [5.41, 5.74) is 1.90. The maximum Gasteiger partial charge on any atom is 0.258 e. The molecule has 0 saturated carbocycles. The van der Waals surface area contributed by atoms with Crippen LogP contribution in [0.4, 0.5) is 4.39 Å². The summed E-state index contributed by atoms with van der Waals surface area (Å²) >= 11 is 3.17. The molecule has 150 valence electrons. The number of halogens is 2. The molecular formula is C22H20BrFN2O3. The van der Waals surface area contributed by atoms with Crippen LogP contribution in [0.2, 0.25) is 0 Å². The molecule has 0 aliphatic heterocycles. The van der Waals surface area contributed by atoms with Crippen molar-refractivity contribution in [3.8, 4) is 11.5 Å². The van der Waals surface area contributed by atoms with E-state index in [0.717, 1.165) is 16.9 Å². The van der Waals surface area contributed by atoms with Crippen molar-refractivity contribution < 1.29 is 18.7 Å². The second-order valence-corrected chi connectivity index (χ2v) is 7.29. The molecule has 1 aromatic heterocycles. The number of benzene rings is 2. The number of nitrogens with zero attached hydrogens (tertiary/aromatic N) is 1. The van der Waals surface area contributed by atoms with Gasteiger partial charge < -0.3 is 14.8 Å². The average molecular weight is 459 g/mol. The van der Waals surface area contributed by atoms with Gasteiger partial charge >= 0.3 is 0 Å². The molecule has 0 radical (unpaired) electrons. The number of rotatable bonds is 8. The van der Waals surface area contributed by atoms with E-state index in [0.29, 0.717) is 11.1 Å². The van der Waals surface area contributed by atoms with Crippen molar-refractivity contribution in [2.45, 2.75) is 19.6 Å². The molecule has 3 aromatic rings. The highest BCUT2D eigenvalue weighted by Crippen LogP contribution is 2.22. The van der Waals surface area contributed by atoms with Gasteiger partial charge in [0, 0.05) is 22.4 Å². The molecule has 1 heterocycles. The zero-order valence-electron chi connectivity index (χ0n) is 15.8. The number of hydrogen-bond acceptors (Lipinski definition) is 4. The summed E-state index contributed by atoms with van der Waals surface area (Å²) in [5.74, 6) is -0.102. The Morgan fingerprint density at radius 2 is 1.97 bits per heavy atom. The van der Waals surface area contributed by atoms with Crippen LogP contribution in [0, 0.1) is 5.82 Å². The van der Waals surface area contributed by atoms with Gasteiger partial charge in [-0.15, -0.1) is 0 Å². The predicted octanol–water partition coefficient (Wildman–Crippen LogP) is 4.82. The second kappa shape index (κ2) is 10.0. The van der Waals surface area contributed by atoms with Gasteiger partial charge in [0.25, 0.3) is 5.91 Å². The number of ether oxygens (including phenoxy) is 2. The first-order valence-corrected chi connectivity index (χ1v) is 9.79. The van der Waals surface area contributed by atoms with Gasteiger partial charge in [0.1, 0.15) is 12.4 Å². The zero-order chi connectivity index (χ0) is 20.6. The van der Waals surface area contributed by atoms with E-state index in [9.17, 15) is 9.18 Å². The largest absolute Gasteiger partial charge is 0.489 e. The summed E-state index contributed by atoms with van der Waals surface area (Å²) in [6.07, 6.45) is 3.47. The van der Waals surface area contributed by atoms with Gasteiger partial charge in [0.05, 0.1) is 6.04 Å². The quantitative estimate of drug-likeness (QED) is 0.525. The third-order valence-corrected chi connectivity index (χ3v) is 4.63. The summed E-state index contributed by atoms with van der Waals surface area (Å²) in [7, 11) is 0. The van der Waals surface area contributed by atoms with Gasteiger partial charge in [0.2, 0.25) is 0 Å². The van der Waals surface area contributed by atoms with Crippen molar-refractivity contribution in [2.24, 2.45) is 0 Å². The molecular weight excluding hydrogens is 439 g/mol. The van der Waals surface area contributed by atoms with Crippen molar-refractivity contribution >= 4 is 21.8 Å². The van der Waals surface area contributed by atoms with Crippen LogP contribution in [-0.4, -0.2) is 17.5 Å². The first-order chi connectivity index (χ1) is 14.0. The zero-order valence-corrected chi connectivity index (χ0v) is 17.4. The fraction of sp³-hybridized carbons (Fsp3) is 0.182. The Morgan fingerprint density at radius 3 is 2.66 bits per heavy atom. The number of carbonyl (C=O) groups excluding carboxylic acids is 1. The standard InChI is InChI=1S/C22H20BrFN2O3/c1-15(26-22(27)14-29-21-9-6-18(23)11-20(21)24)17-4-7-19(8-5-17)28-13-16-3-2-10-25-12-16/h2-12,15H,13-14H2,1H3,(H,26,27). The van der Waals surface area contributed by atoms with Gasteiger partial charge in [-0.1, -0.05) is 34.1 Å². The molecule has 0 aliphatic rings. The minimum atomic E-state index is -0.526. The molecule has 5 nitrogen and oxygen atoms in total. The third-order valence-electron chi connectivity index (χ3n) is 4.14. The molecule has 1 unspecified atom stereocenters. The van der Waals surface area contributed by atoms with Crippen LogP contribution in [0.15, 0.2) is 71.5 Å². The van der Waals surface area contributed by atoms with Crippen LogP contribution in [0.25, 0.3) is 0 Å². The highest BCUT2D eigenvalue weighted by molar-refractivity contribution is 9.10. The lowest BCUT2D eigenvalue weighted by molar-refractivity contribution is -0.123. The molecule has 0 saturated heterocycles. The topological polar surface area (TPSA) is 60.5 Å².